The fraction of sp³-hybridized carbons (Fsp3) is 0.440. The first-order valence-corrected chi connectivity index (χ1v) is 10.7. The summed E-state index contributed by atoms with van der Waals surface area (Å²) in [7, 11) is 0. The van der Waals surface area contributed by atoms with Gasteiger partial charge in [-0.3, -0.25) is 4.79 Å². The van der Waals surface area contributed by atoms with Crippen LogP contribution < -0.4 is 5.32 Å². The normalized spacial score (nSPS) is 28.1. The lowest BCUT2D eigenvalue weighted by atomic mass is 9.45. The van der Waals surface area contributed by atoms with Gasteiger partial charge in [0.2, 0.25) is 0 Å². The van der Waals surface area contributed by atoms with Crippen LogP contribution in [0.15, 0.2) is 48.5 Å². The summed E-state index contributed by atoms with van der Waals surface area (Å²) in [6.45, 7) is 4.59. The molecule has 0 aliphatic heterocycles. The number of nitrogens with one attached hydrogen (secondary N) is 1. The van der Waals surface area contributed by atoms with Crippen molar-refractivity contribution in [1.29, 1.82) is 0 Å². The van der Waals surface area contributed by atoms with E-state index >= 15 is 0 Å². The highest BCUT2D eigenvalue weighted by Gasteiger charge is 2.59. The zero-order valence-electron chi connectivity index (χ0n) is 17.3. The van der Waals surface area contributed by atoms with E-state index in [1.807, 2.05) is 24.3 Å². The number of fused-ring (bicyclic) bond motifs is 5. The van der Waals surface area contributed by atoms with Gasteiger partial charge in [-0.1, -0.05) is 62.4 Å². The van der Waals surface area contributed by atoms with Crippen molar-refractivity contribution in [3.63, 3.8) is 0 Å². The molecular formula is C25H27NO4. The third-order valence-corrected chi connectivity index (χ3v) is 7.90. The van der Waals surface area contributed by atoms with Crippen LogP contribution >= 0.6 is 0 Å². The molecule has 3 fully saturated rings. The van der Waals surface area contributed by atoms with Crippen LogP contribution in [0.25, 0.3) is 11.1 Å². The van der Waals surface area contributed by atoms with Crippen molar-refractivity contribution in [2.24, 2.45) is 23.2 Å². The van der Waals surface area contributed by atoms with Crippen LogP contribution in [0, 0.1) is 23.2 Å². The zero-order valence-corrected chi connectivity index (χ0v) is 17.3. The van der Waals surface area contributed by atoms with Gasteiger partial charge in [0, 0.05) is 12.0 Å². The first-order chi connectivity index (χ1) is 14.4. The Morgan fingerprint density at radius 3 is 2.20 bits per heavy atom. The highest BCUT2D eigenvalue weighted by molar-refractivity contribution is 5.79. The van der Waals surface area contributed by atoms with Crippen LogP contribution in [0.4, 0.5) is 4.79 Å². The molecule has 0 radical (unpaired) electrons. The van der Waals surface area contributed by atoms with Crippen LogP contribution in [0.3, 0.4) is 0 Å². The Morgan fingerprint density at radius 1 is 1.03 bits per heavy atom. The number of carboxylic acid groups (broad SMARTS) is 1. The van der Waals surface area contributed by atoms with Crippen molar-refractivity contribution in [3.8, 4) is 11.1 Å². The molecule has 2 aromatic rings. The Hall–Kier alpha value is -2.82. The molecule has 5 heteroatoms. The molecule has 4 atom stereocenters. The van der Waals surface area contributed by atoms with Crippen molar-refractivity contribution in [3.05, 3.63) is 59.7 Å². The maximum atomic E-state index is 12.7. The number of benzene rings is 2. The lowest BCUT2D eigenvalue weighted by Crippen LogP contribution is -2.64. The van der Waals surface area contributed by atoms with E-state index in [9.17, 15) is 14.7 Å². The summed E-state index contributed by atoms with van der Waals surface area (Å²) in [6.07, 6.45) is 1.08. The zero-order chi connectivity index (χ0) is 21.0. The molecule has 5 nitrogen and oxygen atoms in total. The highest BCUT2D eigenvalue weighted by Crippen LogP contribution is 2.60. The molecule has 4 aliphatic carbocycles. The van der Waals surface area contributed by atoms with Gasteiger partial charge < -0.3 is 15.2 Å². The van der Waals surface area contributed by atoms with Gasteiger partial charge in [0.15, 0.2) is 0 Å². The predicted molar refractivity (Wildman–Crippen MR) is 113 cm³/mol. The van der Waals surface area contributed by atoms with Crippen LogP contribution in [0.5, 0.6) is 0 Å². The summed E-state index contributed by atoms with van der Waals surface area (Å²) in [5.41, 5.74) is 4.75. The molecule has 0 unspecified atom stereocenters. The Labute approximate surface area is 176 Å². The fourth-order valence-electron chi connectivity index (χ4n) is 6.03. The lowest BCUT2D eigenvalue weighted by molar-refractivity contribution is -0.161. The molecule has 4 aliphatic rings. The molecule has 2 bridgehead atoms. The second-order valence-electron chi connectivity index (χ2n) is 9.54. The summed E-state index contributed by atoms with van der Waals surface area (Å²) in [5, 5.41) is 12.6. The first-order valence-electron chi connectivity index (χ1n) is 10.7. The summed E-state index contributed by atoms with van der Waals surface area (Å²) in [4.78, 5) is 24.5. The number of amides is 1. The standard InChI is InChI=1S/C25H27NO4/c1-25(2)14-11-19(23(27)28)22(21(25)12-14)26-24(29)30-13-20-17-9-5-3-7-15(17)16-8-4-6-10-18(16)20/h3-10,14,19-22H,11-13H2,1-2H3,(H,26,29)(H,27,28)/t14-,19-,21-,22-/m0/s1. The van der Waals surface area contributed by atoms with Crippen LogP contribution in [0.2, 0.25) is 0 Å². The lowest BCUT2D eigenvalue weighted by Gasteiger charge is -2.61. The van der Waals surface area contributed by atoms with Gasteiger partial charge in [-0.2, -0.15) is 0 Å². The number of ether oxygens (including phenoxy) is 1. The topological polar surface area (TPSA) is 75.6 Å². The molecule has 2 N–H and O–H groups in total. The molecule has 0 spiro atoms. The minimum absolute atomic E-state index is 0.00528. The minimum atomic E-state index is -0.829. The Kier molecular flexibility index (Phi) is 4.38. The molecule has 30 heavy (non-hydrogen) atoms. The molecule has 0 aromatic heterocycles. The number of carbonyl (C=O) groups excluding carboxylic acids is 1. The van der Waals surface area contributed by atoms with Crippen molar-refractivity contribution in [1.82, 2.24) is 5.32 Å². The summed E-state index contributed by atoms with van der Waals surface area (Å²) < 4.78 is 5.66. The molecule has 3 saturated carbocycles. The average Bonchev–Trinajstić information content (AvgIpc) is 3.05. The number of aliphatic carboxylic acids is 1. The molecule has 6 rings (SSSR count). The third kappa shape index (κ3) is 2.83. The van der Waals surface area contributed by atoms with E-state index < -0.39 is 18.0 Å². The molecule has 0 heterocycles. The molecule has 1 amide bonds. The number of carbonyl (C=O) groups is 2. The maximum Gasteiger partial charge on any atom is 0.407 e. The second kappa shape index (κ2) is 6.86. The van der Waals surface area contributed by atoms with Gasteiger partial charge in [-0.05, 0) is 52.3 Å². The average molecular weight is 405 g/mol. The van der Waals surface area contributed by atoms with Crippen molar-refractivity contribution in [2.75, 3.05) is 6.61 Å². The Bertz CT molecular complexity index is 968. The van der Waals surface area contributed by atoms with Crippen LogP contribution in [-0.2, 0) is 9.53 Å². The van der Waals surface area contributed by atoms with Crippen molar-refractivity contribution >= 4 is 12.1 Å². The Balaban J connectivity index is 1.30. The van der Waals surface area contributed by atoms with Crippen molar-refractivity contribution in [2.45, 2.75) is 38.6 Å². The monoisotopic (exact) mass is 405 g/mol. The predicted octanol–water partition coefficient (Wildman–Crippen LogP) is 4.66. The number of alkyl carbamates (subject to hydrolysis) is 1. The third-order valence-electron chi connectivity index (χ3n) is 7.90. The Morgan fingerprint density at radius 2 is 1.63 bits per heavy atom. The SMILES string of the molecule is CC1(C)[C@H]2C[C@H](C(=O)O)[C@H](NC(=O)OCC3c4ccccc4-c4ccccc43)[C@@H]1C2. The van der Waals surface area contributed by atoms with Crippen molar-refractivity contribution < 1.29 is 19.4 Å². The van der Waals surface area contributed by atoms with Gasteiger partial charge in [-0.15, -0.1) is 0 Å². The molecule has 156 valence electrons. The second-order valence-corrected chi connectivity index (χ2v) is 9.54. The van der Waals surface area contributed by atoms with E-state index in [1.54, 1.807) is 0 Å². The number of hydrogen-bond acceptors (Lipinski definition) is 3. The quantitative estimate of drug-likeness (QED) is 0.776. The molecule has 2 aromatic carbocycles. The summed E-state index contributed by atoms with van der Waals surface area (Å²) in [5.74, 6) is -0.775. The van der Waals surface area contributed by atoms with Gasteiger partial charge in [0.05, 0.1) is 5.92 Å². The van der Waals surface area contributed by atoms with E-state index in [0.717, 1.165) is 17.5 Å². The van der Waals surface area contributed by atoms with E-state index in [4.69, 9.17) is 4.74 Å². The summed E-state index contributed by atoms with van der Waals surface area (Å²) in [6, 6.07) is 16.0. The minimum Gasteiger partial charge on any atom is -0.481 e. The van der Waals surface area contributed by atoms with Gasteiger partial charge >= 0.3 is 12.1 Å². The molecule has 0 saturated heterocycles. The largest absolute Gasteiger partial charge is 0.481 e. The summed E-state index contributed by atoms with van der Waals surface area (Å²) >= 11 is 0. The van der Waals surface area contributed by atoms with Crippen LogP contribution in [0.1, 0.15) is 43.7 Å². The fourth-order valence-corrected chi connectivity index (χ4v) is 6.03. The number of rotatable bonds is 4. The smallest absolute Gasteiger partial charge is 0.407 e. The van der Waals surface area contributed by atoms with E-state index in [2.05, 4.69) is 43.4 Å². The van der Waals surface area contributed by atoms with E-state index in [0.29, 0.717) is 12.3 Å². The maximum absolute atomic E-state index is 12.7. The molecular weight excluding hydrogens is 378 g/mol. The first kappa shape index (κ1) is 19.2. The van der Waals surface area contributed by atoms with Crippen LogP contribution in [-0.4, -0.2) is 29.8 Å². The van der Waals surface area contributed by atoms with Gasteiger partial charge in [-0.25, -0.2) is 4.79 Å². The van der Waals surface area contributed by atoms with Gasteiger partial charge in [0.1, 0.15) is 6.61 Å². The number of hydrogen-bond donors (Lipinski definition) is 2. The highest BCUT2D eigenvalue weighted by atomic mass is 16.5. The van der Waals surface area contributed by atoms with E-state index in [-0.39, 0.29) is 29.9 Å². The number of carboxylic acids is 1. The van der Waals surface area contributed by atoms with Gasteiger partial charge in [0.25, 0.3) is 0 Å². The van der Waals surface area contributed by atoms with E-state index in [1.165, 1.54) is 11.1 Å².